The molecule has 5 heteroatoms. The molecule has 0 aromatic carbocycles. The van der Waals surface area contributed by atoms with Crippen LogP contribution in [0.25, 0.3) is 0 Å². The number of nitrogens with zero attached hydrogens (tertiary/aromatic N) is 1. The van der Waals surface area contributed by atoms with Gasteiger partial charge >= 0.3 is 0 Å². The highest BCUT2D eigenvalue weighted by atomic mass is 16.5. The second-order valence-corrected chi connectivity index (χ2v) is 6.22. The third-order valence-electron chi connectivity index (χ3n) is 3.78. The maximum absolute atomic E-state index is 5.86. The zero-order chi connectivity index (χ0) is 15.6. The Hall–Kier alpha value is -0.810. The van der Waals surface area contributed by atoms with Gasteiger partial charge in [0, 0.05) is 26.8 Å². The Morgan fingerprint density at radius 1 is 1.24 bits per heavy atom. The molecule has 21 heavy (non-hydrogen) atoms. The number of rotatable bonds is 9. The Morgan fingerprint density at radius 2 is 1.95 bits per heavy atom. The molecule has 0 unspecified atom stereocenters. The average Bonchev–Trinajstić information content (AvgIpc) is 2.97. The minimum atomic E-state index is -0.228. The third-order valence-corrected chi connectivity index (χ3v) is 3.78. The Morgan fingerprint density at radius 3 is 2.57 bits per heavy atom. The van der Waals surface area contributed by atoms with E-state index in [-0.39, 0.29) is 5.60 Å². The van der Waals surface area contributed by atoms with Crippen LogP contribution in [0, 0.1) is 0 Å². The van der Waals surface area contributed by atoms with Gasteiger partial charge in [0.15, 0.2) is 5.96 Å². The summed E-state index contributed by atoms with van der Waals surface area (Å²) >= 11 is 0. The molecule has 5 nitrogen and oxygen atoms in total. The van der Waals surface area contributed by atoms with Gasteiger partial charge in [0.05, 0.1) is 18.2 Å². The first-order valence-electron chi connectivity index (χ1n) is 8.26. The molecule has 0 saturated heterocycles. The molecule has 1 saturated carbocycles. The fourth-order valence-corrected chi connectivity index (χ4v) is 2.26. The number of guanidine groups is 1. The molecule has 2 N–H and O–H groups in total. The lowest BCUT2D eigenvalue weighted by atomic mass is 10.1. The van der Waals surface area contributed by atoms with E-state index in [0.717, 1.165) is 32.1 Å². The molecule has 0 atom stereocenters. The first-order chi connectivity index (χ1) is 10.1. The highest BCUT2D eigenvalue weighted by Crippen LogP contribution is 2.20. The van der Waals surface area contributed by atoms with Gasteiger partial charge in [-0.2, -0.15) is 0 Å². The maximum Gasteiger partial charge on any atom is 0.191 e. The van der Waals surface area contributed by atoms with Crippen LogP contribution in [0.15, 0.2) is 4.99 Å². The summed E-state index contributed by atoms with van der Waals surface area (Å²) in [6.07, 6.45) is 6.65. The molecule has 0 spiro atoms. The first kappa shape index (κ1) is 18.2. The van der Waals surface area contributed by atoms with Gasteiger partial charge in [-0.25, -0.2) is 0 Å². The summed E-state index contributed by atoms with van der Waals surface area (Å²) in [4.78, 5) is 4.56. The minimum absolute atomic E-state index is 0.228. The van der Waals surface area contributed by atoms with Crippen molar-refractivity contribution in [3.05, 3.63) is 0 Å². The van der Waals surface area contributed by atoms with Crippen LogP contribution in [0.1, 0.15) is 52.9 Å². The van der Waals surface area contributed by atoms with Crippen molar-refractivity contribution in [2.24, 2.45) is 4.99 Å². The van der Waals surface area contributed by atoms with Gasteiger partial charge in [-0.15, -0.1) is 0 Å². The Labute approximate surface area is 129 Å². The standard InChI is InChI=1S/C16H33N3O2/c1-5-17-15(19-13-16(2,3)20-4)18-11-8-12-21-14-9-6-7-10-14/h14H,5-13H2,1-4H3,(H2,17,18,19). The highest BCUT2D eigenvalue weighted by molar-refractivity contribution is 5.79. The number of methoxy groups -OCH3 is 1. The van der Waals surface area contributed by atoms with Crippen molar-refractivity contribution in [1.82, 2.24) is 10.6 Å². The van der Waals surface area contributed by atoms with E-state index in [1.165, 1.54) is 25.7 Å². The van der Waals surface area contributed by atoms with Gasteiger partial charge in [-0.05, 0) is 40.0 Å². The summed E-state index contributed by atoms with van der Waals surface area (Å²) in [7, 11) is 1.72. The van der Waals surface area contributed by atoms with E-state index in [9.17, 15) is 0 Å². The predicted octanol–water partition coefficient (Wildman–Crippen LogP) is 2.32. The van der Waals surface area contributed by atoms with Crippen LogP contribution in [0.3, 0.4) is 0 Å². The summed E-state index contributed by atoms with van der Waals surface area (Å²) < 4.78 is 11.2. The molecule has 0 bridgehead atoms. The molecule has 0 radical (unpaired) electrons. The fourth-order valence-electron chi connectivity index (χ4n) is 2.26. The fraction of sp³-hybridized carbons (Fsp3) is 0.938. The van der Waals surface area contributed by atoms with Gasteiger partial charge in [-0.1, -0.05) is 12.8 Å². The van der Waals surface area contributed by atoms with Gasteiger partial charge in [0.1, 0.15) is 0 Å². The third kappa shape index (κ3) is 8.27. The van der Waals surface area contributed by atoms with Gasteiger partial charge in [0.25, 0.3) is 0 Å². The van der Waals surface area contributed by atoms with Gasteiger partial charge in [-0.3, -0.25) is 4.99 Å². The Kier molecular flexibility index (Phi) is 8.69. The Bertz CT molecular complexity index is 300. The molecule has 0 amide bonds. The highest BCUT2D eigenvalue weighted by Gasteiger charge is 2.16. The molecule has 0 heterocycles. The average molecular weight is 299 g/mol. The second kappa shape index (κ2) is 10.0. The lowest BCUT2D eigenvalue weighted by molar-refractivity contribution is 0.0310. The largest absolute Gasteiger partial charge is 0.378 e. The molecule has 124 valence electrons. The maximum atomic E-state index is 5.86. The Balaban J connectivity index is 2.18. The van der Waals surface area contributed by atoms with Gasteiger partial charge < -0.3 is 20.1 Å². The molecule has 0 aromatic rings. The second-order valence-electron chi connectivity index (χ2n) is 6.22. The van der Waals surface area contributed by atoms with Crippen molar-refractivity contribution < 1.29 is 9.47 Å². The van der Waals surface area contributed by atoms with E-state index in [4.69, 9.17) is 9.47 Å². The SMILES string of the molecule is CCNC(=NCC(C)(C)OC)NCCCOC1CCCC1. The van der Waals surface area contributed by atoms with E-state index >= 15 is 0 Å². The molecule has 1 fully saturated rings. The van der Waals surface area contributed by atoms with Crippen molar-refractivity contribution in [1.29, 1.82) is 0 Å². The van der Waals surface area contributed by atoms with E-state index in [1.54, 1.807) is 7.11 Å². The first-order valence-corrected chi connectivity index (χ1v) is 8.26. The van der Waals surface area contributed by atoms with Crippen LogP contribution < -0.4 is 10.6 Å². The van der Waals surface area contributed by atoms with Crippen LogP contribution in [0.4, 0.5) is 0 Å². The van der Waals surface area contributed by atoms with E-state index in [1.807, 2.05) is 13.8 Å². The number of hydrogen-bond acceptors (Lipinski definition) is 3. The van der Waals surface area contributed by atoms with Crippen LogP contribution in [-0.2, 0) is 9.47 Å². The molecular weight excluding hydrogens is 266 g/mol. The molecular formula is C16H33N3O2. The molecule has 1 rings (SSSR count). The number of ether oxygens (including phenoxy) is 2. The van der Waals surface area contributed by atoms with Crippen molar-refractivity contribution in [3.63, 3.8) is 0 Å². The van der Waals surface area contributed by atoms with Crippen LogP contribution in [-0.4, -0.2) is 51.0 Å². The van der Waals surface area contributed by atoms with Crippen LogP contribution >= 0.6 is 0 Å². The quantitative estimate of drug-likeness (QED) is 0.390. The number of aliphatic imine (C=N–C) groups is 1. The molecule has 0 aliphatic heterocycles. The van der Waals surface area contributed by atoms with Crippen molar-refractivity contribution in [3.8, 4) is 0 Å². The topological polar surface area (TPSA) is 54.9 Å². The summed E-state index contributed by atoms with van der Waals surface area (Å²) in [5.74, 6) is 0.850. The summed E-state index contributed by atoms with van der Waals surface area (Å²) in [5, 5.41) is 6.60. The minimum Gasteiger partial charge on any atom is -0.378 e. The van der Waals surface area contributed by atoms with Crippen LogP contribution in [0.5, 0.6) is 0 Å². The molecule has 1 aliphatic rings. The molecule has 1 aliphatic carbocycles. The lowest BCUT2D eigenvalue weighted by Crippen LogP contribution is -2.39. The zero-order valence-corrected chi connectivity index (χ0v) is 14.2. The van der Waals surface area contributed by atoms with Crippen molar-refractivity contribution in [2.45, 2.75) is 64.6 Å². The summed E-state index contributed by atoms with van der Waals surface area (Å²) in [5.41, 5.74) is -0.228. The molecule has 0 aromatic heterocycles. The smallest absolute Gasteiger partial charge is 0.191 e. The van der Waals surface area contributed by atoms with Gasteiger partial charge in [0.2, 0.25) is 0 Å². The number of hydrogen-bond donors (Lipinski definition) is 2. The van der Waals surface area contributed by atoms with Crippen molar-refractivity contribution >= 4 is 5.96 Å². The zero-order valence-electron chi connectivity index (χ0n) is 14.2. The van der Waals surface area contributed by atoms with E-state index in [0.29, 0.717) is 12.6 Å². The normalized spacial score (nSPS) is 17.2. The van der Waals surface area contributed by atoms with Crippen molar-refractivity contribution in [2.75, 3.05) is 33.4 Å². The monoisotopic (exact) mass is 299 g/mol. The predicted molar refractivity (Wildman–Crippen MR) is 87.9 cm³/mol. The summed E-state index contributed by atoms with van der Waals surface area (Å²) in [6.45, 7) is 9.36. The van der Waals surface area contributed by atoms with E-state index < -0.39 is 0 Å². The number of nitrogens with one attached hydrogen (secondary N) is 2. The van der Waals surface area contributed by atoms with Crippen LogP contribution in [0.2, 0.25) is 0 Å². The lowest BCUT2D eigenvalue weighted by Gasteiger charge is -2.21. The van der Waals surface area contributed by atoms with E-state index in [2.05, 4.69) is 22.5 Å². The summed E-state index contributed by atoms with van der Waals surface area (Å²) in [6, 6.07) is 0.